The van der Waals surface area contributed by atoms with Crippen molar-refractivity contribution < 1.29 is 10.0 Å². The van der Waals surface area contributed by atoms with Crippen molar-refractivity contribution in [2.45, 2.75) is 25.9 Å². The molecule has 1 aliphatic rings. The molecule has 2 atom stereocenters. The summed E-state index contributed by atoms with van der Waals surface area (Å²) in [5, 5.41) is 21.6. The summed E-state index contributed by atoms with van der Waals surface area (Å²) in [6.07, 6.45) is 0. The fourth-order valence-corrected chi connectivity index (χ4v) is 2.39. The maximum absolute atomic E-state index is 9.04. The Morgan fingerprint density at radius 3 is 2.12 bits per heavy atom. The maximum atomic E-state index is 9.04. The second kappa shape index (κ2) is 5.08. The number of hydrogen-bond donors (Lipinski definition) is 3. The van der Waals surface area contributed by atoms with Crippen molar-refractivity contribution in [2.75, 3.05) is 18.0 Å². The SMILES string of the molecule is C[C@@H]1CN(c2ccc(B(O)O)cc2)C[C@H](C)N1. The number of nitrogens with one attached hydrogen (secondary N) is 1. The van der Waals surface area contributed by atoms with Crippen molar-refractivity contribution in [3.05, 3.63) is 24.3 Å². The molecule has 1 fully saturated rings. The molecule has 0 spiro atoms. The zero-order valence-corrected chi connectivity index (χ0v) is 10.3. The minimum atomic E-state index is -1.38. The van der Waals surface area contributed by atoms with Crippen LogP contribution < -0.4 is 15.7 Å². The molecular weight excluding hydrogens is 215 g/mol. The van der Waals surface area contributed by atoms with Gasteiger partial charge in [0.2, 0.25) is 0 Å². The summed E-state index contributed by atoms with van der Waals surface area (Å²) in [6, 6.07) is 8.36. The van der Waals surface area contributed by atoms with Gasteiger partial charge in [0.1, 0.15) is 0 Å². The van der Waals surface area contributed by atoms with Crippen molar-refractivity contribution in [1.82, 2.24) is 5.32 Å². The van der Waals surface area contributed by atoms with Gasteiger partial charge < -0.3 is 20.3 Å². The third-order valence-electron chi connectivity index (χ3n) is 3.11. The average molecular weight is 234 g/mol. The van der Waals surface area contributed by atoms with Crippen LogP contribution >= 0.6 is 0 Å². The van der Waals surface area contributed by atoms with Crippen LogP contribution in [0.3, 0.4) is 0 Å². The van der Waals surface area contributed by atoms with Crippen molar-refractivity contribution in [1.29, 1.82) is 0 Å². The van der Waals surface area contributed by atoms with Gasteiger partial charge in [-0.05, 0) is 31.4 Å². The first-order chi connectivity index (χ1) is 8.06. The molecule has 2 rings (SSSR count). The summed E-state index contributed by atoms with van der Waals surface area (Å²) in [7, 11) is -1.38. The van der Waals surface area contributed by atoms with E-state index in [2.05, 4.69) is 24.1 Å². The van der Waals surface area contributed by atoms with E-state index in [0.29, 0.717) is 17.5 Å². The number of rotatable bonds is 2. The Balaban J connectivity index is 2.11. The van der Waals surface area contributed by atoms with Gasteiger partial charge >= 0.3 is 7.12 Å². The van der Waals surface area contributed by atoms with E-state index < -0.39 is 7.12 Å². The number of nitrogens with zero attached hydrogens (tertiary/aromatic N) is 1. The molecule has 1 aromatic carbocycles. The zero-order chi connectivity index (χ0) is 12.4. The van der Waals surface area contributed by atoms with Gasteiger partial charge in [0.25, 0.3) is 0 Å². The highest BCUT2D eigenvalue weighted by molar-refractivity contribution is 6.58. The second-order valence-corrected chi connectivity index (χ2v) is 4.84. The summed E-state index contributed by atoms with van der Waals surface area (Å²) in [5.41, 5.74) is 1.67. The lowest BCUT2D eigenvalue weighted by Gasteiger charge is -2.37. The van der Waals surface area contributed by atoms with Gasteiger partial charge in [-0.1, -0.05) is 12.1 Å². The van der Waals surface area contributed by atoms with Crippen molar-refractivity contribution in [2.24, 2.45) is 0 Å². The molecule has 0 unspecified atom stereocenters. The van der Waals surface area contributed by atoms with Crippen LogP contribution in [0, 0.1) is 0 Å². The molecular formula is C12H19BN2O2. The lowest BCUT2D eigenvalue weighted by molar-refractivity contribution is 0.407. The molecule has 1 heterocycles. The molecule has 92 valence electrons. The van der Waals surface area contributed by atoms with Crippen LogP contribution in [0.4, 0.5) is 5.69 Å². The molecule has 4 nitrogen and oxygen atoms in total. The van der Waals surface area contributed by atoms with Gasteiger partial charge in [-0.3, -0.25) is 0 Å². The van der Waals surface area contributed by atoms with Crippen LogP contribution in [-0.2, 0) is 0 Å². The van der Waals surface area contributed by atoms with E-state index in [1.165, 1.54) is 0 Å². The van der Waals surface area contributed by atoms with E-state index in [4.69, 9.17) is 10.0 Å². The Morgan fingerprint density at radius 1 is 1.12 bits per heavy atom. The van der Waals surface area contributed by atoms with Gasteiger partial charge in [-0.2, -0.15) is 0 Å². The van der Waals surface area contributed by atoms with E-state index >= 15 is 0 Å². The average Bonchev–Trinajstić information content (AvgIpc) is 2.28. The van der Waals surface area contributed by atoms with E-state index in [9.17, 15) is 0 Å². The Labute approximate surface area is 102 Å². The maximum Gasteiger partial charge on any atom is 0.488 e. The predicted octanol–water partition coefficient (Wildman–Crippen LogP) is -0.447. The van der Waals surface area contributed by atoms with Crippen LogP contribution in [0.1, 0.15) is 13.8 Å². The van der Waals surface area contributed by atoms with E-state index in [1.54, 1.807) is 12.1 Å². The minimum Gasteiger partial charge on any atom is -0.423 e. The summed E-state index contributed by atoms with van der Waals surface area (Å²) in [5.74, 6) is 0. The molecule has 0 bridgehead atoms. The fourth-order valence-electron chi connectivity index (χ4n) is 2.39. The van der Waals surface area contributed by atoms with E-state index in [1.807, 2.05) is 12.1 Å². The third kappa shape index (κ3) is 3.00. The van der Waals surface area contributed by atoms with Crippen molar-refractivity contribution in [3.8, 4) is 0 Å². The summed E-state index contributed by atoms with van der Waals surface area (Å²) in [6.45, 7) is 6.31. The van der Waals surface area contributed by atoms with Crippen LogP contribution in [0.15, 0.2) is 24.3 Å². The zero-order valence-electron chi connectivity index (χ0n) is 10.3. The number of hydrogen-bond acceptors (Lipinski definition) is 4. The quantitative estimate of drug-likeness (QED) is 0.607. The van der Waals surface area contributed by atoms with Gasteiger partial charge in [0.05, 0.1) is 0 Å². The summed E-state index contributed by atoms with van der Waals surface area (Å²) >= 11 is 0. The molecule has 3 N–H and O–H groups in total. The highest BCUT2D eigenvalue weighted by Crippen LogP contribution is 2.16. The van der Waals surface area contributed by atoms with Crippen LogP contribution in [0.2, 0.25) is 0 Å². The largest absolute Gasteiger partial charge is 0.488 e. The molecule has 1 aliphatic heterocycles. The first kappa shape index (κ1) is 12.4. The standard InChI is InChI=1S/C12H19BN2O2/c1-9-7-15(8-10(2)14-9)12-5-3-11(4-6-12)13(16)17/h3-6,9-10,14,16-17H,7-8H2,1-2H3/t9-,10+. The number of benzene rings is 1. The van der Waals surface area contributed by atoms with Gasteiger partial charge in [-0.15, -0.1) is 0 Å². The smallest absolute Gasteiger partial charge is 0.423 e. The molecule has 0 saturated carbocycles. The minimum absolute atomic E-state index is 0.474. The number of piperazine rings is 1. The predicted molar refractivity (Wildman–Crippen MR) is 70.5 cm³/mol. The first-order valence-corrected chi connectivity index (χ1v) is 6.03. The molecule has 5 heteroatoms. The monoisotopic (exact) mass is 234 g/mol. The van der Waals surface area contributed by atoms with Gasteiger partial charge in [-0.25, -0.2) is 0 Å². The first-order valence-electron chi connectivity index (χ1n) is 6.03. The number of anilines is 1. The van der Waals surface area contributed by atoms with Crippen LogP contribution in [0.5, 0.6) is 0 Å². The second-order valence-electron chi connectivity index (χ2n) is 4.84. The van der Waals surface area contributed by atoms with Crippen LogP contribution in [-0.4, -0.2) is 42.3 Å². The van der Waals surface area contributed by atoms with E-state index in [0.717, 1.165) is 18.8 Å². The van der Waals surface area contributed by atoms with Crippen molar-refractivity contribution in [3.63, 3.8) is 0 Å². The fraction of sp³-hybridized carbons (Fsp3) is 0.500. The van der Waals surface area contributed by atoms with Crippen LogP contribution in [0.25, 0.3) is 0 Å². The Kier molecular flexibility index (Phi) is 3.71. The summed E-state index contributed by atoms with van der Waals surface area (Å²) < 4.78 is 0. The normalized spacial score (nSPS) is 24.8. The molecule has 17 heavy (non-hydrogen) atoms. The Morgan fingerprint density at radius 2 is 1.65 bits per heavy atom. The van der Waals surface area contributed by atoms with E-state index in [-0.39, 0.29) is 0 Å². The van der Waals surface area contributed by atoms with Gasteiger partial charge in [0.15, 0.2) is 0 Å². The topological polar surface area (TPSA) is 55.7 Å². The molecule has 0 radical (unpaired) electrons. The van der Waals surface area contributed by atoms with Crippen molar-refractivity contribution >= 4 is 18.3 Å². The highest BCUT2D eigenvalue weighted by Gasteiger charge is 2.21. The highest BCUT2D eigenvalue weighted by atomic mass is 16.4. The lowest BCUT2D eigenvalue weighted by atomic mass is 9.80. The molecule has 1 saturated heterocycles. The Bertz CT molecular complexity index is 359. The molecule has 0 aromatic heterocycles. The van der Waals surface area contributed by atoms with Gasteiger partial charge in [0, 0.05) is 30.9 Å². The third-order valence-corrected chi connectivity index (χ3v) is 3.11. The summed E-state index contributed by atoms with van der Waals surface area (Å²) in [4.78, 5) is 2.32. The lowest BCUT2D eigenvalue weighted by Crippen LogP contribution is -2.54. The molecule has 0 amide bonds. The molecule has 1 aromatic rings. The molecule has 0 aliphatic carbocycles. The Hall–Kier alpha value is -1.04.